The first-order valence-corrected chi connectivity index (χ1v) is 12.8. The largest absolute Gasteiger partial charge is 0.336 e. The van der Waals surface area contributed by atoms with E-state index in [0.29, 0.717) is 31.7 Å². The molecule has 2 aliphatic heterocycles. The summed E-state index contributed by atoms with van der Waals surface area (Å²) in [7, 11) is -3.43. The zero-order chi connectivity index (χ0) is 22.3. The van der Waals surface area contributed by atoms with Crippen molar-refractivity contribution < 1.29 is 26.4 Å². The number of hydrogen-bond donors (Lipinski definition) is 1. The van der Waals surface area contributed by atoms with Crippen molar-refractivity contribution in [3.63, 3.8) is 0 Å². The molecule has 3 unspecified atom stereocenters. The van der Waals surface area contributed by atoms with Crippen LogP contribution in [0.15, 0.2) is 12.1 Å². The van der Waals surface area contributed by atoms with E-state index >= 15 is 0 Å². The molecule has 2 bridgehead atoms. The number of amides is 1. The maximum atomic E-state index is 14.0. The van der Waals surface area contributed by atoms with Crippen LogP contribution in [0.3, 0.4) is 0 Å². The summed E-state index contributed by atoms with van der Waals surface area (Å²) < 4.78 is 65.9. The number of halogens is 3. The Morgan fingerprint density at radius 3 is 2.19 bits per heavy atom. The van der Waals surface area contributed by atoms with Gasteiger partial charge >= 0.3 is 0 Å². The van der Waals surface area contributed by atoms with Gasteiger partial charge in [0.25, 0.3) is 0 Å². The molecule has 2 heterocycles. The van der Waals surface area contributed by atoms with E-state index < -0.39 is 44.3 Å². The Morgan fingerprint density at radius 2 is 1.58 bits per heavy atom. The molecular formula is C22H29F3N2O3S. The van der Waals surface area contributed by atoms with Gasteiger partial charge in [0, 0.05) is 24.2 Å². The van der Waals surface area contributed by atoms with Gasteiger partial charge in [0.15, 0.2) is 21.5 Å². The topological polar surface area (TPSA) is 80.5 Å². The number of hydrogen-bond acceptors (Lipinski definition) is 4. The zero-order valence-corrected chi connectivity index (χ0v) is 18.2. The van der Waals surface area contributed by atoms with Gasteiger partial charge in [0.1, 0.15) is 11.6 Å². The van der Waals surface area contributed by atoms with Crippen molar-refractivity contribution in [2.75, 3.05) is 5.75 Å². The molecule has 3 atom stereocenters. The van der Waals surface area contributed by atoms with Gasteiger partial charge in [-0.25, -0.2) is 21.6 Å². The molecule has 31 heavy (non-hydrogen) atoms. The van der Waals surface area contributed by atoms with E-state index in [9.17, 15) is 26.4 Å². The number of nitrogens with zero attached hydrogens (tertiary/aromatic N) is 1. The summed E-state index contributed by atoms with van der Waals surface area (Å²) in [6.07, 6.45) is 5.95. The third kappa shape index (κ3) is 4.62. The highest BCUT2D eigenvalue weighted by Gasteiger charge is 2.45. The van der Waals surface area contributed by atoms with Crippen molar-refractivity contribution in [3.8, 4) is 0 Å². The Bertz CT molecular complexity index is 936. The van der Waals surface area contributed by atoms with Crippen LogP contribution in [0.4, 0.5) is 13.2 Å². The van der Waals surface area contributed by atoms with E-state index in [1.165, 1.54) is 0 Å². The van der Waals surface area contributed by atoms with E-state index in [-0.39, 0.29) is 35.9 Å². The highest BCUT2D eigenvalue weighted by molar-refractivity contribution is 7.92. The van der Waals surface area contributed by atoms with Gasteiger partial charge in [-0.05, 0) is 62.5 Å². The molecule has 3 aliphatic rings. The molecule has 1 saturated carbocycles. The number of fused-ring (bicyclic) bond motifs is 2. The number of rotatable bonds is 6. The maximum Gasteiger partial charge on any atom is 0.238 e. The van der Waals surface area contributed by atoms with Gasteiger partial charge < -0.3 is 10.6 Å². The Labute approximate surface area is 181 Å². The fourth-order valence-corrected chi connectivity index (χ4v) is 7.51. The highest BCUT2D eigenvalue weighted by atomic mass is 32.2. The molecule has 1 aliphatic carbocycles. The Kier molecular flexibility index (Phi) is 6.36. The number of benzene rings is 1. The van der Waals surface area contributed by atoms with Crippen LogP contribution in [0.25, 0.3) is 0 Å². The first-order valence-electron chi connectivity index (χ1n) is 11.1. The molecule has 9 heteroatoms. The Hall–Kier alpha value is -1.61. The van der Waals surface area contributed by atoms with E-state index in [4.69, 9.17) is 5.73 Å². The monoisotopic (exact) mass is 458 g/mol. The van der Waals surface area contributed by atoms with E-state index in [0.717, 1.165) is 31.7 Å². The SMILES string of the molecule is NC(Cc1cc(F)c(F)cc1F)C1CC2CCC(C1)N2C(=O)CS(=O)(=O)C1CCCC1. The second-order valence-corrected chi connectivity index (χ2v) is 11.6. The van der Waals surface area contributed by atoms with Crippen LogP contribution in [0.1, 0.15) is 56.9 Å². The van der Waals surface area contributed by atoms with Crippen molar-refractivity contribution in [1.82, 2.24) is 4.90 Å². The molecule has 5 nitrogen and oxygen atoms in total. The molecule has 172 valence electrons. The fraction of sp³-hybridized carbons (Fsp3) is 0.682. The van der Waals surface area contributed by atoms with Gasteiger partial charge in [0.05, 0.1) is 5.25 Å². The van der Waals surface area contributed by atoms with Crippen LogP contribution < -0.4 is 5.73 Å². The average molecular weight is 459 g/mol. The van der Waals surface area contributed by atoms with Crippen LogP contribution in [-0.4, -0.2) is 48.4 Å². The third-order valence-corrected chi connectivity index (χ3v) is 9.48. The van der Waals surface area contributed by atoms with E-state index in [1.54, 1.807) is 4.90 Å². The lowest BCUT2D eigenvalue weighted by atomic mass is 9.82. The second kappa shape index (κ2) is 8.73. The zero-order valence-electron chi connectivity index (χ0n) is 17.4. The lowest BCUT2D eigenvalue weighted by molar-refractivity contribution is -0.133. The van der Waals surface area contributed by atoms with E-state index in [2.05, 4.69) is 0 Å². The summed E-state index contributed by atoms with van der Waals surface area (Å²) in [6.45, 7) is 0. The number of nitrogens with two attached hydrogens (primary N) is 1. The van der Waals surface area contributed by atoms with Crippen LogP contribution in [0.5, 0.6) is 0 Å². The first-order chi connectivity index (χ1) is 14.7. The quantitative estimate of drug-likeness (QED) is 0.665. The van der Waals surface area contributed by atoms with Crippen LogP contribution in [0, 0.1) is 23.4 Å². The molecule has 0 spiro atoms. The predicted molar refractivity (Wildman–Crippen MR) is 110 cm³/mol. The fourth-order valence-electron chi connectivity index (χ4n) is 5.73. The number of carbonyl (C=O) groups is 1. The summed E-state index contributed by atoms with van der Waals surface area (Å²) in [4.78, 5) is 14.6. The maximum absolute atomic E-state index is 14.0. The lowest BCUT2D eigenvalue weighted by Gasteiger charge is -2.41. The van der Waals surface area contributed by atoms with Crippen LogP contribution in [-0.2, 0) is 21.1 Å². The number of sulfone groups is 1. The molecule has 0 aromatic heterocycles. The number of carbonyl (C=O) groups excluding carboxylic acids is 1. The smallest absolute Gasteiger partial charge is 0.238 e. The standard InChI is InChI=1S/C22H29F3N2O3S/c23-18-11-20(25)19(24)9-13(18)10-21(26)14-7-15-5-6-16(8-14)27(15)22(28)12-31(29,30)17-3-1-2-4-17/h9,11,14-17,21H,1-8,10,12,26H2. The lowest BCUT2D eigenvalue weighted by Crippen LogP contribution is -2.52. The first kappa shape index (κ1) is 22.6. The van der Waals surface area contributed by atoms with Crippen molar-refractivity contribution >= 4 is 15.7 Å². The minimum absolute atomic E-state index is 0.000466. The summed E-state index contributed by atoms with van der Waals surface area (Å²) in [5.74, 6) is -3.90. The Balaban J connectivity index is 1.39. The van der Waals surface area contributed by atoms with Crippen molar-refractivity contribution in [3.05, 3.63) is 35.1 Å². The molecule has 1 aromatic carbocycles. The highest BCUT2D eigenvalue weighted by Crippen LogP contribution is 2.40. The summed E-state index contributed by atoms with van der Waals surface area (Å²) >= 11 is 0. The molecule has 1 aromatic rings. The third-order valence-electron chi connectivity index (χ3n) is 7.34. The van der Waals surface area contributed by atoms with Crippen LogP contribution in [0.2, 0.25) is 0 Å². The van der Waals surface area contributed by atoms with Gasteiger partial charge in [-0.2, -0.15) is 0 Å². The van der Waals surface area contributed by atoms with Gasteiger partial charge in [-0.15, -0.1) is 0 Å². The Morgan fingerprint density at radius 1 is 1.00 bits per heavy atom. The van der Waals surface area contributed by atoms with Crippen molar-refractivity contribution in [1.29, 1.82) is 0 Å². The predicted octanol–water partition coefficient (Wildman–Crippen LogP) is 3.10. The van der Waals surface area contributed by atoms with Crippen molar-refractivity contribution in [2.45, 2.75) is 81.2 Å². The summed E-state index contributed by atoms with van der Waals surface area (Å²) in [5, 5.41) is -0.397. The minimum Gasteiger partial charge on any atom is -0.336 e. The van der Waals surface area contributed by atoms with Gasteiger partial charge in [-0.3, -0.25) is 4.79 Å². The number of piperidine rings is 1. The van der Waals surface area contributed by atoms with Gasteiger partial charge in [0.2, 0.25) is 5.91 Å². The van der Waals surface area contributed by atoms with E-state index in [1.807, 2.05) is 0 Å². The summed E-state index contributed by atoms with van der Waals surface area (Å²) in [5.41, 5.74) is 6.36. The molecule has 4 rings (SSSR count). The normalized spacial score (nSPS) is 27.6. The summed E-state index contributed by atoms with van der Waals surface area (Å²) in [6, 6.07) is 0.785. The molecule has 0 radical (unpaired) electrons. The molecular weight excluding hydrogens is 429 g/mol. The minimum atomic E-state index is -3.43. The average Bonchev–Trinajstić information content (AvgIpc) is 3.33. The van der Waals surface area contributed by atoms with Crippen LogP contribution >= 0.6 is 0 Å². The molecule has 1 amide bonds. The second-order valence-electron chi connectivity index (χ2n) is 9.36. The van der Waals surface area contributed by atoms with Crippen molar-refractivity contribution in [2.24, 2.45) is 11.7 Å². The molecule has 2 N–H and O–H groups in total. The molecule has 3 fully saturated rings. The molecule has 2 saturated heterocycles. The van der Waals surface area contributed by atoms with Gasteiger partial charge in [-0.1, -0.05) is 12.8 Å².